The van der Waals surface area contributed by atoms with E-state index in [1.165, 1.54) is 0 Å². The highest BCUT2D eigenvalue weighted by molar-refractivity contribution is 4.70. The maximum absolute atomic E-state index is 10.6. The van der Waals surface area contributed by atoms with Crippen LogP contribution in [-0.4, -0.2) is 17.8 Å². The highest BCUT2D eigenvalue weighted by Gasteiger charge is 2.14. The van der Waals surface area contributed by atoms with Gasteiger partial charge in [0.05, 0.1) is 0 Å². The second kappa shape index (κ2) is 4.24. The average Bonchev–Trinajstić information content (AvgIpc) is 1.82. The van der Waals surface area contributed by atoms with Crippen LogP contribution in [0.2, 0.25) is 0 Å². The SMILES string of the molecule is C=CCC(CC)[N+](C)=O. The van der Waals surface area contributed by atoms with Crippen molar-refractivity contribution < 1.29 is 4.76 Å². The highest BCUT2D eigenvalue weighted by Crippen LogP contribution is 2.00. The van der Waals surface area contributed by atoms with Crippen LogP contribution in [0.25, 0.3) is 0 Å². The molecular weight excluding hydrogens is 114 g/mol. The van der Waals surface area contributed by atoms with Crippen molar-refractivity contribution in [3.05, 3.63) is 17.6 Å². The summed E-state index contributed by atoms with van der Waals surface area (Å²) in [6.07, 6.45) is 3.46. The van der Waals surface area contributed by atoms with Crippen LogP contribution in [0.3, 0.4) is 0 Å². The average molecular weight is 128 g/mol. The molecule has 0 amide bonds. The molecule has 2 heteroatoms. The Kier molecular flexibility index (Phi) is 3.93. The Balaban J connectivity index is 3.67. The van der Waals surface area contributed by atoms with E-state index in [-0.39, 0.29) is 6.04 Å². The zero-order chi connectivity index (χ0) is 7.28. The molecule has 0 N–H and O–H groups in total. The van der Waals surface area contributed by atoms with E-state index in [1.807, 2.05) is 6.92 Å². The third kappa shape index (κ3) is 3.01. The summed E-state index contributed by atoms with van der Waals surface area (Å²) in [4.78, 5) is 10.6. The van der Waals surface area contributed by atoms with Crippen molar-refractivity contribution in [2.45, 2.75) is 25.8 Å². The summed E-state index contributed by atoms with van der Waals surface area (Å²) in [5.74, 6) is 0. The molecule has 0 saturated carbocycles. The molecule has 9 heavy (non-hydrogen) atoms. The lowest BCUT2D eigenvalue weighted by Gasteiger charge is -1.98. The largest absolute Gasteiger partial charge is 0.204 e. The molecule has 0 saturated heterocycles. The van der Waals surface area contributed by atoms with Gasteiger partial charge in [0.1, 0.15) is 0 Å². The lowest BCUT2D eigenvalue weighted by Crippen LogP contribution is -2.18. The van der Waals surface area contributed by atoms with Crippen LogP contribution in [0, 0.1) is 4.91 Å². The molecule has 1 unspecified atom stereocenters. The quantitative estimate of drug-likeness (QED) is 0.417. The van der Waals surface area contributed by atoms with Crippen molar-refractivity contribution in [3.63, 3.8) is 0 Å². The Hall–Kier alpha value is -0.660. The Morgan fingerprint density at radius 3 is 2.44 bits per heavy atom. The molecule has 0 aliphatic heterocycles. The van der Waals surface area contributed by atoms with E-state index < -0.39 is 0 Å². The van der Waals surface area contributed by atoms with Crippen LogP contribution in [0.5, 0.6) is 0 Å². The van der Waals surface area contributed by atoms with Crippen molar-refractivity contribution in [1.29, 1.82) is 0 Å². The van der Waals surface area contributed by atoms with Gasteiger partial charge in [0, 0.05) is 17.7 Å². The Labute approximate surface area is 56.1 Å². The Bertz CT molecular complexity index is 109. The Morgan fingerprint density at radius 1 is 1.78 bits per heavy atom. The number of hydrogen-bond donors (Lipinski definition) is 0. The minimum absolute atomic E-state index is 0.127. The summed E-state index contributed by atoms with van der Waals surface area (Å²) in [5, 5.41) is 0. The minimum Gasteiger partial charge on any atom is -0.103 e. The molecule has 0 aliphatic carbocycles. The highest BCUT2D eigenvalue weighted by atomic mass is 16.3. The minimum atomic E-state index is 0.127. The number of nitrogens with zero attached hydrogens (tertiary/aromatic N) is 1. The van der Waals surface area contributed by atoms with Crippen molar-refractivity contribution in [2.24, 2.45) is 0 Å². The normalized spacial score (nSPS) is 12.7. The van der Waals surface area contributed by atoms with Crippen LogP contribution in [0.1, 0.15) is 19.8 Å². The van der Waals surface area contributed by atoms with Crippen LogP contribution in [-0.2, 0) is 0 Å². The van der Waals surface area contributed by atoms with Gasteiger partial charge < -0.3 is 0 Å². The third-order valence-corrected chi connectivity index (χ3v) is 1.42. The fraction of sp³-hybridized carbons (Fsp3) is 0.714. The van der Waals surface area contributed by atoms with Gasteiger partial charge in [0.15, 0.2) is 7.05 Å². The lowest BCUT2D eigenvalue weighted by atomic mass is 10.1. The van der Waals surface area contributed by atoms with E-state index >= 15 is 0 Å². The van der Waals surface area contributed by atoms with Gasteiger partial charge in [-0.3, -0.25) is 0 Å². The standard InChI is InChI=1S/C7H14NO/c1-4-6-7(5-2)8(3)9/h4,7H,1,5-6H2,2-3H3/q+1. The molecule has 0 spiro atoms. The lowest BCUT2D eigenvalue weighted by molar-refractivity contribution is -0.558. The number of rotatable bonds is 4. The van der Waals surface area contributed by atoms with E-state index in [0.29, 0.717) is 0 Å². The summed E-state index contributed by atoms with van der Waals surface area (Å²) in [6, 6.07) is 0.127. The van der Waals surface area contributed by atoms with Gasteiger partial charge in [-0.1, -0.05) is 13.0 Å². The topological polar surface area (TPSA) is 20.1 Å². The summed E-state index contributed by atoms with van der Waals surface area (Å²) >= 11 is 0. The first-order valence-electron chi connectivity index (χ1n) is 3.23. The molecule has 0 heterocycles. The summed E-state index contributed by atoms with van der Waals surface area (Å²) < 4.78 is 0.988. The smallest absolute Gasteiger partial charge is 0.103 e. The van der Waals surface area contributed by atoms with Gasteiger partial charge in [-0.05, 0) is 4.76 Å². The van der Waals surface area contributed by atoms with Crippen LogP contribution >= 0.6 is 0 Å². The first kappa shape index (κ1) is 8.34. The summed E-state index contributed by atoms with van der Waals surface area (Å²) in [5.41, 5.74) is 0. The molecular formula is C7H14NO+. The second-order valence-corrected chi connectivity index (χ2v) is 2.13. The predicted molar refractivity (Wildman–Crippen MR) is 38.4 cm³/mol. The van der Waals surface area contributed by atoms with Gasteiger partial charge in [-0.25, -0.2) is 0 Å². The van der Waals surface area contributed by atoms with Crippen molar-refractivity contribution >= 4 is 0 Å². The zero-order valence-corrected chi connectivity index (χ0v) is 6.13. The molecule has 0 radical (unpaired) electrons. The van der Waals surface area contributed by atoms with E-state index in [1.54, 1.807) is 13.1 Å². The zero-order valence-electron chi connectivity index (χ0n) is 6.13. The molecule has 0 rings (SSSR count). The Morgan fingerprint density at radius 2 is 2.33 bits per heavy atom. The van der Waals surface area contributed by atoms with E-state index in [0.717, 1.165) is 17.6 Å². The van der Waals surface area contributed by atoms with Gasteiger partial charge in [-0.15, -0.1) is 6.58 Å². The molecule has 0 aromatic heterocycles. The number of hydrogen-bond acceptors (Lipinski definition) is 1. The molecule has 0 aromatic rings. The maximum Gasteiger partial charge on any atom is 0.204 e. The van der Waals surface area contributed by atoms with Crippen LogP contribution in [0.15, 0.2) is 12.7 Å². The summed E-state index contributed by atoms with van der Waals surface area (Å²) in [6.45, 7) is 5.57. The van der Waals surface area contributed by atoms with Crippen LogP contribution < -0.4 is 0 Å². The first-order valence-corrected chi connectivity index (χ1v) is 3.23. The van der Waals surface area contributed by atoms with Gasteiger partial charge >= 0.3 is 0 Å². The third-order valence-electron chi connectivity index (χ3n) is 1.42. The fourth-order valence-electron chi connectivity index (χ4n) is 0.765. The molecule has 0 aliphatic rings. The fourth-order valence-corrected chi connectivity index (χ4v) is 0.765. The molecule has 0 fully saturated rings. The summed E-state index contributed by atoms with van der Waals surface area (Å²) in [7, 11) is 1.55. The van der Waals surface area contributed by atoms with Crippen molar-refractivity contribution in [1.82, 2.24) is 0 Å². The van der Waals surface area contributed by atoms with Gasteiger partial charge in [-0.2, -0.15) is 0 Å². The molecule has 0 aromatic carbocycles. The number of nitroso groups, excluding NO2 is 1. The second-order valence-electron chi connectivity index (χ2n) is 2.13. The molecule has 0 bridgehead atoms. The first-order chi connectivity index (χ1) is 4.22. The molecule has 52 valence electrons. The van der Waals surface area contributed by atoms with E-state index in [9.17, 15) is 4.91 Å². The molecule has 2 nitrogen and oxygen atoms in total. The maximum atomic E-state index is 10.6. The van der Waals surface area contributed by atoms with Crippen molar-refractivity contribution in [3.8, 4) is 0 Å². The predicted octanol–water partition coefficient (Wildman–Crippen LogP) is 1.75. The van der Waals surface area contributed by atoms with Crippen LogP contribution in [0.4, 0.5) is 0 Å². The van der Waals surface area contributed by atoms with Gasteiger partial charge in [0.2, 0.25) is 6.04 Å². The van der Waals surface area contributed by atoms with Gasteiger partial charge in [0.25, 0.3) is 0 Å². The molecule has 1 atom stereocenters. The van der Waals surface area contributed by atoms with Crippen molar-refractivity contribution in [2.75, 3.05) is 7.05 Å². The van der Waals surface area contributed by atoms with E-state index in [2.05, 4.69) is 6.58 Å². The monoisotopic (exact) mass is 128 g/mol. The van der Waals surface area contributed by atoms with E-state index in [4.69, 9.17) is 0 Å².